The van der Waals surface area contributed by atoms with E-state index in [-0.39, 0.29) is 10.0 Å². The molecule has 0 aliphatic carbocycles. The van der Waals surface area contributed by atoms with E-state index in [4.69, 9.17) is 27.9 Å². The predicted molar refractivity (Wildman–Crippen MR) is 131 cm³/mol. The van der Waals surface area contributed by atoms with Crippen LogP contribution >= 0.6 is 55.1 Å². The van der Waals surface area contributed by atoms with Crippen molar-refractivity contribution in [2.24, 2.45) is 0 Å². The summed E-state index contributed by atoms with van der Waals surface area (Å²) in [7, 11) is 0. The van der Waals surface area contributed by atoms with Crippen LogP contribution in [0.3, 0.4) is 0 Å². The lowest BCUT2D eigenvalue weighted by atomic mass is 10.1. The monoisotopic (exact) mass is 602 g/mol. The maximum absolute atomic E-state index is 13.9. The highest BCUT2D eigenvalue weighted by atomic mass is 79.9. The van der Waals surface area contributed by atoms with Gasteiger partial charge in [0.05, 0.1) is 20.1 Å². The first-order valence-electron chi connectivity index (χ1n) is 9.07. The van der Waals surface area contributed by atoms with Gasteiger partial charge in [0.1, 0.15) is 17.3 Å². The number of anilines is 1. The quantitative estimate of drug-likeness (QED) is 0.317. The predicted octanol–water partition coefficient (Wildman–Crippen LogP) is 8.03. The normalized spacial score (nSPS) is 10.6. The van der Waals surface area contributed by atoms with Crippen LogP contribution < -0.4 is 15.4 Å². The molecule has 166 valence electrons. The van der Waals surface area contributed by atoms with E-state index in [0.717, 1.165) is 15.0 Å². The summed E-state index contributed by atoms with van der Waals surface area (Å²) >= 11 is 19.2. The molecule has 0 aliphatic rings. The van der Waals surface area contributed by atoms with Crippen LogP contribution in [0.4, 0.5) is 14.9 Å². The molecule has 3 aromatic rings. The summed E-state index contributed by atoms with van der Waals surface area (Å²) in [5.74, 6) is -0.851. The van der Waals surface area contributed by atoms with Crippen LogP contribution in [0, 0.1) is 19.7 Å². The van der Waals surface area contributed by atoms with Crippen molar-refractivity contribution in [3.8, 4) is 11.5 Å². The number of nitrogens with one attached hydrogen (secondary N) is 2. The van der Waals surface area contributed by atoms with Crippen LogP contribution in [-0.4, -0.2) is 11.9 Å². The van der Waals surface area contributed by atoms with Gasteiger partial charge in [-0.25, -0.2) is 9.18 Å². The summed E-state index contributed by atoms with van der Waals surface area (Å²) in [4.78, 5) is 24.7. The number of carbonyl (C=O) groups excluding carboxylic acids is 2. The van der Waals surface area contributed by atoms with Crippen LogP contribution in [0.2, 0.25) is 10.0 Å². The van der Waals surface area contributed by atoms with Crippen LogP contribution in [0.25, 0.3) is 0 Å². The number of aryl methyl sites for hydroxylation is 1. The highest BCUT2D eigenvalue weighted by molar-refractivity contribution is 9.11. The van der Waals surface area contributed by atoms with Gasteiger partial charge < -0.3 is 10.1 Å². The number of halogens is 5. The zero-order chi connectivity index (χ0) is 23.6. The lowest BCUT2D eigenvalue weighted by Crippen LogP contribution is -2.35. The summed E-state index contributed by atoms with van der Waals surface area (Å²) in [6, 6.07) is 10.0. The Balaban J connectivity index is 1.81. The van der Waals surface area contributed by atoms with Gasteiger partial charge in [-0.05, 0) is 77.3 Å². The molecule has 0 bridgehead atoms. The molecule has 10 heteroatoms. The average Bonchev–Trinajstić information content (AvgIpc) is 2.71. The zero-order valence-electron chi connectivity index (χ0n) is 16.7. The highest BCUT2D eigenvalue weighted by Crippen LogP contribution is 2.40. The van der Waals surface area contributed by atoms with Crippen LogP contribution in [0.15, 0.2) is 51.4 Å². The van der Waals surface area contributed by atoms with Gasteiger partial charge in [-0.2, -0.15) is 0 Å². The Morgan fingerprint density at radius 2 is 1.75 bits per heavy atom. The molecule has 0 aliphatic heterocycles. The lowest BCUT2D eigenvalue weighted by Gasteiger charge is -2.17. The van der Waals surface area contributed by atoms with Crippen LogP contribution in [0.5, 0.6) is 11.5 Å². The smallest absolute Gasteiger partial charge is 0.326 e. The Labute approximate surface area is 210 Å². The van der Waals surface area contributed by atoms with Crippen molar-refractivity contribution in [2.75, 3.05) is 5.32 Å². The summed E-state index contributed by atoms with van der Waals surface area (Å²) in [5.41, 5.74) is 1.14. The van der Waals surface area contributed by atoms with Crippen LogP contribution in [0.1, 0.15) is 21.5 Å². The molecule has 3 amide bonds. The number of rotatable bonds is 4. The molecule has 5 nitrogen and oxygen atoms in total. The summed E-state index contributed by atoms with van der Waals surface area (Å²) < 4.78 is 21.5. The lowest BCUT2D eigenvalue weighted by molar-refractivity contribution is 0.0963. The van der Waals surface area contributed by atoms with Crippen molar-refractivity contribution >= 4 is 72.7 Å². The number of hydrogen-bond donors (Lipinski definition) is 2. The molecule has 3 aromatic carbocycles. The van der Waals surface area contributed by atoms with E-state index in [0.29, 0.717) is 28.3 Å². The molecule has 32 heavy (non-hydrogen) atoms. The fourth-order valence-corrected chi connectivity index (χ4v) is 4.46. The molecule has 3 rings (SSSR count). The van der Waals surface area contributed by atoms with Crippen molar-refractivity contribution in [1.82, 2.24) is 5.32 Å². The van der Waals surface area contributed by atoms with E-state index >= 15 is 0 Å². The molecule has 2 N–H and O–H groups in total. The van der Waals surface area contributed by atoms with Crippen molar-refractivity contribution in [1.29, 1.82) is 0 Å². The summed E-state index contributed by atoms with van der Waals surface area (Å²) in [6.07, 6.45) is 0. The minimum atomic E-state index is -0.966. The highest BCUT2D eigenvalue weighted by Gasteiger charge is 2.20. The maximum atomic E-state index is 13.9. The second kappa shape index (κ2) is 10.2. The molecular weight excluding hydrogens is 590 g/mol. The van der Waals surface area contributed by atoms with Gasteiger partial charge in [-0.3, -0.25) is 10.1 Å². The van der Waals surface area contributed by atoms with E-state index in [1.165, 1.54) is 12.1 Å². The Morgan fingerprint density at radius 1 is 1.03 bits per heavy atom. The third-order valence-corrected chi connectivity index (χ3v) is 6.33. The number of amides is 3. The molecule has 0 spiro atoms. The van der Waals surface area contributed by atoms with E-state index in [9.17, 15) is 14.0 Å². The van der Waals surface area contributed by atoms with Gasteiger partial charge >= 0.3 is 6.03 Å². The number of ether oxygens (including phenoxy) is 1. The number of hydrogen-bond acceptors (Lipinski definition) is 3. The largest absolute Gasteiger partial charge is 0.455 e. The van der Waals surface area contributed by atoms with Gasteiger partial charge in [-0.1, -0.05) is 45.2 Å². The number of imide groups is 1. The van der Waals surface area contributed by atoms with Crippen molar-refractivity contribution in [3.63, 3.8) is 0 Å². The van der Waals surface area contributed by atoms with Gasteiger partial charge in [0, 0.05) is 10.2 Å². The summed E-state index contributed by atoms with van der Waals surface area (Å²) in [6.45, 7) is 3.45. The maximum Gasteiger partial charge on any atom is 0.326 e. The number of urea groups is 1. The molecule has 0 atom stereocenters. The van der Waals surface area contributed by atoms with E-state index in [2.05, 4.69) is 42.5 Å². The molecule has 0 saturated carbocycles. The fraction of sp³-hybridized carbons (Fsp3) is 0.0909. The molecule has 0 saturated heterocycles. The Morgan fingerprint density at radius 3 is 2.41 bits per heavy atom. The van der Waals surface area contributed by atoms with Gasteiger partial charge in [0.2, 0.25) is 0 Å². The average molecular weight is 605 g/mol. The molecule has 0 fully saturated rings. The molecule has 0 heterocycles. The van der Waals surface area contributed by atoms with Crippen molar-refractivity contribution in [2.45, 2.75) is 13.8 Å². The van der Waals surface area contributed by atoms with Crippen LogP contribution in [-0.2, 0) is 0 Å². The zero-order valence-corrected chi connectivity index (χ0v) is 21.3. The van der Waals surface area contributed by atoms with Gasteiger partial charge in [0.15, 0.2) is 0 Å². The molecule has 0 unspecified atom stereocenters. The first-order chi connectivity index (χ1) is 15.1. The van der Waals surface area contributed by atoms with Crippen molar-refractivity contribution < 1.29 is 18.7 Å². The first-order valence-corrected chi connectivity index (χ1v) is 11.4. The van der Waals surface area contributed by atoms with Gasteiger partial charge in [0.25, 0.3) is 5.91 Å². The van der Waals surface area contributed by atoms with Crippen molar-refractivity contribution in [3.05, 3.63) is 84.0 Å². The molecule has 0 radical (unpaired) electrons. The fourth-order valence-electron chi connectivity index (χ4n) is 2.89. The van der Waals surface area contributed by atoms with E-state index < -0.39 is 23.3 Å². The minimum Gasteiger partial charge on any atom is -0.455 e. The Bertz CT molecular complexity index is 1220. The second-order valence-corrected chi connectivity index (χ2v) is 9.24. The first kappa shape index (κ1) is 24.5. The Kier molecular flexibility index (Phi) is 7.82. The molecule has 0 aromatic heterocycles. The second-order valence-electron chi connectivity index (χ2n) is 6.69. The van der Waals surface area contributed by atoms with E-state index in [1.54, 1.807) is 26.0 Å². The number of carbonyl (C=O) groups is 2. The standard InChI is InChI=1S/C22H15Br2Cl2FN2O3/c1-10-8-17(32-16-7-6-12(23)9-13(16)24)19(26)11(2)20(10)28-22(31)29-21(30)18-14(25)4-3-5-15(18)27/h3-9H,1-2H3,(H2,28,29,30,31). The Hall–Kier alpha value is -2.13. The minimum absolute atomic E-state index is 0.105. The summed E-state index contributed by atoms with van der Waals surface area (Å²) in [5, 5.41) is 4.82. The number of benzene rings is 3. The van der Waals surface area contributed by atoms with Gasteiger partial charge in [-0.15, -0.1) is 0 Å². The topological polar surface area (TPSA) is 67.4 Å². The SMILES string of the molecule is Cc1cc(Oc2ccc(Br)cc2Br)c(Cl)c(C)c1NC(=O)NC(=O)c1c(F)cccc1Cl. The third-order valence-electron chi connectivity index (χ3n) is 4.43. The third kappa shape index (κ3) is 5.43. The van der Waals surface area contributed by atoms with E-state index in [1.807, 2.05) is 12.1 Å². The molecular formula is C22H15Br2Cl2FN2O3.